The maximum atomic E-state index is 5.95. The molecule has 1 aromatic rings. The smallest absolute Gasteiger partial charge is 0.129 e. The largest absolute Gasteiger partial charge is 0.296 e. The first-order chi connectivity index (χ1) is 8.58. The molecule has 0 bridgehead atoms. The van der Waals surface area contributed by atoms with E-state index in [0.717, 1.165) is 0 Å². The van der Waals surface area contributed by atoms with Gasteiger partial charge in [0.15, 0.2) is 0 Å². The normalized spacial score (nSPS) is 21.5. The van der Waals surface area contributed by atoms with Crippen LogP contribution in [0.15, 0.2) is 12.3 Å². The first-order valence-corrected chi connectivity index (χ1v) is 7.32. The van der Waals surface area contributed by atoms with E-state index < -0.39 is 0 Å². The number of halogens is 1. The van der Waals surface area contributed by atoms with Gasteiger partial charge in [0.25, 0.3) is 0 Å². The van der Waals surface area contributed by atoms with E-state index in [1.807, 2.05) is 12.3 Å². The molecule has 1 saturated heterocycles. The van der Waals surface area contributed by atoms with Gasteiger partial charge in [0.1, 0.15) is 5.15 Å². The molecular formula is C15H23ClN2. The Hall–Kier alpha value is -0.600. The maximum Gasteiger partial charge on any atom is 0.129 e. The molecule has 1 aliphatic heterocycles. The summed E-state index contributed by atoms with van der Waals surface area (Å²) in [4.78, 5) is 6.88. The SMILES string of the molecule is Cc1cc(Cl)ncc1C1CCCCN1CC(C)C. The third-order valence-corrected chi connectivity index (χ3v) is 3.90. The summed E-state index contributed by atoms with van der Waals surface area (Å²) < 4.78 is 0. The number of hydrogen-bond acceptors (Lipinski definition) is 2. The third-order valence-electron chi connectivity index (χ3n) is 3.69. The van der Waals surface area contributed by atoms with Crippen molar-refractivity contribution in [2.24, 2.45) is 5.92 Å². The monoisotopic (exact) mass is 266 g/mol. The van der Waals surface area contributed by atoms with Crippen LogP contribution in [0.1, 0.15) is 50.3 Å². The lowest BCUT2D eigenvalue weighted by atomic mass is 9.93. The number of piperidine rings is 1. The molecule has 2 nitrogen and oxygen atoms in total. The molecule has 0 N–H and O–H groups in total. The topological polar surface area (TPSA) is 16.1 Å². The number of rotatable bonds is 3. The van der Waals surface area contributed by atoms with Crippen LogP contribution in [0, 0.1) is 12.8 Å². The van der Waals surface area contributed by atoms with E-state index in [0.29, 0.717) is 17.1 Å². The Balaban J connectivity index is 2.22. The van der Waals surface area contributed by atoms with Gasteiger partial charge in [-0.2, -0.15) is 0 Å². The zero-order valence-electron chi connectivity index (χ0n) is 11.6. The van der Waals surface area contributed by atoms with Gasteiger partial charge in [-0.05, 0) is 49.4 Å². The number of nitrogens with zero attached hydrogens (tertiary/aromatic N) is 2. The second kappa shape index (κ2) is 6.03. The summed E-state index contributed by atoms with van der Waals surface area (Å²) in [5.74, 6) is 0.714. The molecule has 1 unspecified atom stereocenters. The standard InChI is InChI=1S/C15H23ClN2/c1-11(2)10-18-7-5-4-6-14(18)13-9-17-15(16)8-12(13)3/h8-9,11,14H,4-7,10H2,1-3H3. The van der Waals surface area contributed by atoms with Crippen molar-refractivity contribution >= 4 is 11.6 Å². The van der Waals surface area contributed by atoms with Gasteiger partial charge in [-0.3, -0.25) is 4.90 Å². The average molecular weight is 267 g/mol. The van der Waals surface area contributed by atoms with Crippen molar-refractivity contribution in [3.8, 4) is 0 Å². The van der Waals surface area contributed by atoms with Crippen LogP contribution in [0.5, 0.6) is 0 Å². The lowest BCUT2D eigenvalue weighted by Gasteiger charge is -2.37. The average Bonchev–Trinajstić information content (AvgIpc) is 2.30. The van der Waals surface area contributed by atoms with Crippen molar-refractivity contribution in [3.05, 3.63) is 28.5 Å². The molecule has 0 spiro atoms. The number of aromatic nitrogens is 1. The highest BCUT2D eigenvalue weighted by Gasteiger charge is 2.25. The fourth-order valence-corrected chi connectivity index (χ4v) is 3.12. The summed E-state index contributed by atoms with van der Waals surface area (Å²) in [5.41, 5.74) is 2.63. The predicted molar refractivity (Wildman–Crippen MR) is 77.0 cm³/mol. The Morgan fingerprint density at radius 2 is 2.22 bits per heavy atom. The molecule has 2 rings (SSSR count). The van der Waals surface area contributed by atoms with Crippen molar-refractivity contribution in [2.75, 3.05) is 13.1 Å². The molecule has 2 heterocycles. The van der Waals surface area contributed by atoms with E-state index in [1.54, 1.807) is 0 Å². The molecule has 0 saturated carbocycles. The highest BCUT2D eigenvalue weighted by Crippen LogP contribution is 2.33. The molecule has 1 fully saturated rings. The van der Waals surface area contributed by atoms with Crippen LogP contribution in [0.3, 0.4) is 0 Å². The van der Waals surface area contributed by atoms with Gasteiger partial charge < -0.3 is 0 Å². The van der Waals surface area contributed by atoms with Crippen molar-refractivity contribution in [3.63, 3.8) is 0 Å². The van der Waals surface area contributed by atoms with Crippen molar-refractivity contribution < 1.29 is 0 Å². The van der Waals surface area contributed by atoms with Gasteiger partial charge in [-0.15, -0.1) is 0 Å². The van der Waals surface area contributed by atoms with Crippen LogP contribution in [0.2, 0.25) is 5.15 Å². The van der Waals surface area contributed by atoms with Gasteiger partial charge in [-0.1, -0.05) is 31.9 Å². The van der Waals surface area contributed by atoms with Crippen LogP contribution in [0.4, 0.5) is 0 Å². The number of pyridine rings is 1. The first kappa shape index (κ1) is 13.8. The maximum absolute atomic E-state index is 5.95. The van der Waals surface area contributed by atoms with Gasteiger partial charge in [0, 0.05) is 18.8 Å². The van der Waals surface area contributed by atoms with Crippen LogP contribution in [0.25, 0.3) is 0 Å². The molecule has 1 atom stereocenters. The summed E-state index contributed by atoms with van der Waals surface area (Å²) >= 11 is 5.95. The Labute approximate surface area is 115 Å². The Kier molecular flexibility index (Phi) is 4.63. The summed E-state index contributed by atoms with van der Waals surface area (Å²) in [6.07, 6.45) is 5.86. The first-order valence-electron chi connectivity index (χ1n) is 6.94. The molecule has 0 radical (unpaired) electrons. The van der Waals surface area contributed by atoms with Crippen molar-refractivity contribution in [1.82, 2.24) is 9.88 Å². The van der Waals surface area contributed by atoms with Crippen LogP contribution in [-0.4, -0.2) is 23.0 Å². The Morgan fingerprint density at radius 3 is 2.89 bits per heavy atom. The zero-order valence-corrected chi connectivity index (χ0v) is 12.4. The third kappa shape index (κ3) is 3.24. The number of likely N-dealkylation sites (tertiary alicyclic amines) is 1. The molecule has 18 heavy (non-hydrogen) atoms. The molecule has 1 aromatic heterocycles. The summed E-state index contributed by atoms with van der Waals surface area (Å²) in [7, 11) is 0. The van der Waals surface area contributed by atoms with Crippen molar-refractivity contribution in [2.45, 2.75) is 46.1 Å². The summed E-state index contributed by atoms with van der Waals surface area (Å²) in [5, 5.41) is 0.600. The molecule has 3 heteroatoms. The van der Waals surface area contributed by atoms with Crippen LogP contribution < -0.4 is 0 Å². The predicted octanol–water partition coefficient (Wildman–Crippen LogP) is 4.23. The van der Waals surface area contributed by atoms with E-state index in [4.69, 9.17) is 11.6 Å². The van der Waals surface area contributed by atoms with Crippen LogP contribution >= 0.6 is 11.6 Å². The van der Waals surface area contributed by atoms with Gasteiger partial charge in [0.05, 0.1) is 0 Å². The van der Waals surface area contributed by atoms with Gasteiger partial charge in [-0.25, -0.2) is 4.98 Å². The Morgan fingerprint density at radius 1 is 1.44 bits per heavy atom. The number of hydrogen-bond donors (Lipinski definition) is 0. The van der Waals surface area contributed by atoms with Crippen LogP contribution in [-0.2, 0) is 0 Å². The lowest BCUT2D eigenvalue weighted by Crippen LogP contribution is -2.36. The quantitative estimate of drug-likeness (QED) is 0.762. The molecule has 0 amide bonds. The second-order valence-corrected chi connectivity index (χ2v) is 6.15. The summed E-state index contributed by atoms with van der Waals surface area (Å²) in [6.45, 7) is 9.11. The minimum Gasteiger partial charge on any atom is -0.296 e. The van der Waals surface area contributed by atoms with E-state index in [1.165, 1.54) is 43.5 Å². The molecule has 100 valence electrons. The fourth-order valence-electron chi connectivity index (χ4n) is 2.91. The molecule has 1 aliphatic rings. The van der Waals surface area contributed by atoms with E-state index >= 15 is 0 Å². The molecule has 0 aliphatic carbocycles. The van der Waals surface area contributed by atoms with Gasteiger partial charge >= 0.3 is 0 Å². The lowest BCUT2D eigenvalue weighted by molar-refractivity contribution is 0.131. The molecule has 0 aromatic carbocycles. The Bertz CT molecular complexity index is 403. The van der Waals surface area contributed by atoms with E-state index in [-0.39, 0.29) is 0 Å². The van der Waals surface area contributed by atoms with E-state index in [9.17, 15) is 0 Å². The minimum absolute atomic E-state index is 0.533. The fraction of sp³-hybridized carbons (Fsp3) is 0.667. The molecular weight excluding hydrogens is 244 g/mol. The number of aryl methyl sites for hydroxylation is 1. The summed E-state index contributed by atoms with van der Waals surface area (Å²) in [6, 6.07) is 2.52. The zero-order chi connectivity index (χ0) is 13.1. The van der Waals surface area contributed by atoms with E-state index in [2.05, 4.69) is 30.7 Å². The highest BCUT2D eigenvalue weighted by atomic mass is 35.5. The second-order valence-electron chi connectivity index (χ2n) is 5.76. The van der Waals surface area contributed by atoms with Crippen molar-refractivity contribution in [1.29, 1.82) is 0 Å². The highest BCUT2D eigenvalue weighted by molar-refractivity contribution is 6.29. The van der Waals surface area contributed by atoms with Gasteiger partial charge in [0.2, 0.25) is 0 Å². The minimum atomic E-state index is 0.533.